The van der Waals surface area contributed by atoms with E-state index in [0.29, 0.717) is 0 Å². The molecule has 0 atom stereocenters. The Hall–Kier alpha value is -1.13. The van der Waals surface area contributed by atoms with Gasteiger partial charge in [0, 0.05) is 10.9 Å². The summed E-state index contributed by atoms with van der Waals surface area (Å²) in [7, 11) is 0. The molecular formula is C19H26BrN3. The Labute approximate surface area is 147 Å². The van der Waals surface area contributed by atoms with Crippen LogP contribution < -0.4 is 0 Å². The maximum Gasteiger partial charge on any atom is 0.110 e. The summed E-state index contributed by atoms with van der Waals surface area (Å²) in [5.41, 5.74) is 2.30. The van der Waals surface area contributed by atoms with Gasteiger partial charge in [-0.1, -0.05) is 47.5 Å². The molecule has 23 heavy (non-hydrogen) atoms. The number of hydrogen-bond acceptors (Lipinski definition) is 2. The first-order valence-corrected chi connectivity index (χ1v) is 9.53. The van der Waals surface area contributed by atoms with Gasteiger partial charge in [0.25, 0.3) is 0 Å². The number of fused-ring (bicyclic) bond motifs is 1. The second-order valence-electron chi connectivity index (χ2n) is 6.48. The van der Waals surface area contributed by atoms with E-state index in [1.54, 1.807) is 0 Å². The average Bonchev–Trinajstić information content (AvgIpc) is 2.72. The van der Waals surface area contributed by atoms with Gasteiger partial charge in [-0.25, -0.2) is 4.98 Å². The van der Waals surface area contributed by atoms with Crippen molar-refractivity contribution in [3.63, 3.8) is 0 Å². The van der Waals surface area contributed by atoms with Crippen LogP contribution in [0.4, 0.5) is 0 Å². The lowest BCUT2D eigenvalue weighted by Gasteiger charge is -2.19. The van der Waals surface area contributed by atoms with Crippen LogP contribution in [0.3, 0.4) is 0 Å². The van der Waals surface area contributed by atoms with Crippen molar-refractivity contribution in [2.24, 2.45) is 0 Å². The van der Waals surface area contributed by atoms with Gasteiger partial charge in [-0.05, 0) is 51.0 Å². The van der Waals surface area contributed by atoms with Crippen LogP contribution in [0.25, 0.3) is 11.0 Å². The SMILES string of the molecule is C=C(Br)Cn1c(CCCN2CCCCCC2)nc2ccccc21. The van der Waals surface area contributed by atoms with Gasteiger partial charge in [-0.15, -0.1) is 0 Å². The van der Waals surface area contributed by atoms with Gasteiger partial charge in [0.2, 0.25) is 0 Å². The summed E-state index contributed by atoms with van der Waals surface area (Å²) in [5, 5.41) is 0. The minimum absolute atomic E-state index is 0.791. The van der Waals surface area contributed by atoms with Crippen LogP contribution in [-0.4, -0.2) is 34.1 Å². The molecule has 1 aliphatic heterocycles. The zero-order chi connectivity index (χ0) is 16.1. The lowest BCUT2D eigenvalue weighted by molar-refractivity contribution is 0.280. The van der Waals surface area contributed by atoms with Crippen LogP contribution in [0.2, 0.25) is 0 Å². The molecule has 2 heterocycles. The first-order valence-electron chi connectivity index (χ1n) is 8.74. The number of hydrogen-bond donors (Lipinski definition) is 0. The molecule has 0 saturated carbocycles. The molecule has 4 heteroatoms. The Kier molecular flexibility index (Phi) is 5.90. The van der Waals surface area contributed by atoms with E-state index < -0.39 is 0 Å². The largest absolute Gasteiger partial charge is 0.323 e. The Morgan fingerprint density at radius 1 is 1.13 bits per heavy atom. The van der Waals surface area contributed by atoms with E-state index in [1.165, 1.54) is 63.1 Å². The highest BCUT2D eigenvalue weighted by atomic mass is 79.9. The van der Waals surface area contributed by atoms with Crippen LogP contribution in [0.15, 0.2) is 35.3 Å². The number of aromatic nitrogens is 2. The molecule has 0 aliphatic carbocycles. The van der Waals surface area contributed by atoms with Crippen LogP contribution in [-0.2, 0) is 13.0 Å². The average molecular weight is 376 g/mol. The lowest BCUT2D eigenvalue weighted by atomic mass is 10.2. The summed E-state index contributed by atoms with van der Waals surface area (Å²) in [6.45, 7) is 8.53. The minimum Gasteiger partial charge on any atom is -0.323 e. The number of halogens is 1. The van der Waals surface area contributed by atoms with Crippen molar-refractivity contribution in [1.82, 2.24) is 14.5 Å². The Bertz CT molecular complexity index is 654. The van der Waals surface area contributed by atoms with E-state index in [4.69, 9.17) is 4.98 Å². The van der Waals surface area contributed by atoms with Crippen LogP contribution in [0, 0.1) is 0 Å². The molecule has 2 aromatic rings. The molecule has 3 nitrogen and oxygen atoms in total. The van der Waals surface area contributed by atoms with Gasteiger partial charge in [-0.3, -0.25) is 0 Å². The van der Waals surface area contributed by atoms with Gasteiger partial charge in [0.15, 0.2) is 0 Å². The lowest BCUT2D eigenvalue weighted by Crippen LogP contribution is -2.26. The van der Waals surface area contributed by atoms with Gasteiger partial charge in [0.1, 0.15) is 5.82 Å². The number of benzene rings is 1. The van der Waals surface area contributed by atoms with Crippen molar-refractivity contribution in [3.8, 4) is 0 Å². The maximum absolute atomic E-state index is 4.85. The number of imidazole rings is 1. The number of aryl methyl sites for hydroxylation is 1. The van der Waals surface area contributed by atoms with Crippen molar-refractivity contribution < 1.29 is 0 Å². The third kappa shape index (κ3) is 4.45. The van der Waals surface area contributed by atoms with Crippen molar-refractivity contribution >= 4 is 27.0 Å². The van der Waals surface area contributed by atoms with Crippen molar-refractivity contribution in [3.05, 3.63) is 41.2 Å². The fraction of sp³-hybridized carbons (Fsp3) is 0.526. The van der Waals surface area contributed by atoms with Gasteiger partial charge in [-0.2, -0.15) is 0 Å². The topological polar surface area (TPSA) is 21.1 Å². The Morgan fingerprint density at radius 3 is 2.61 bits per heavy atom. The number of likely N-dealkylation sites (tertiary alicyclic amines) is 1. The molecule has 0 spiro atoms. The van der Waals surface area contributed by atoms with Crippen LogP contribution in [0.1, 0.15) is 37.9 Å². The van der Waals surface area contributed by atoms with Gasteiger partial charge in [0.05, 0.1) is 17.6 Å². The van der Waals surface area contributed by atoms with Crippen molar-refractivity contribution in [1.29, 1.82) is 0 Å². The quantitative estimate of drug-likeness (QED) is 0.725. The summed E-state index contributed by atoms with van der Waals surface area (Å²) < 4.78 is 3.30. The van der Waals surface area contributed by atoms with E-state index in [1.807, 2.05) is 0 Å². The smallest absolute Gasteiger partial charge is 0.110 e. The molecule has 0 N–H and O–H groups in total. The summed E-state index contributed by atoms with van der Waals surface area (Å²) >= 11 is 3.50. The Balaban J connectivity index is 1.67. The molecule has 0 bridgehead atoms. The highest BCUT2D eigenvalue weighted by Gasteiger charge is 2.12. The molecule has 1 aliphatic rings. The maximum atomic E-state index is 4.85. The zero-order valence-corrected chi connectivity index (χ0v) is 15.4. The predicted octanol–water partition coefficient (Wildman–Crippen LogP) is 4.75. The van der Waals surface area contributed by atoms with E-state index in [0.717, 1.165) is 23.0 Å². The highest BCUT2D eigenvalue weighted by Crippen LogP contribution is 2.20. The molecule has 3 rings (SSSR count). The molecule has 0 amide bonds. The second kappa shape index (κ2) is 8.11. The molecule has 0 unspecified atom stereocenters. The van der Waals surface area contributed by atoms with Gasteiger partial charge >= 0.3 is 0 Å². The van der Waals surface area contributed by atoms with Crippen LogP contribution >= 0.6 is 15.9 Å². The molecule has 1 saturated heterocycles. The molecule has 1 aromatic heterocycles. The molecular weight excluding hydrogens is 350 g/mol. The van der Waals surface area contributed by atoms with Gasteiger partial charge < -0.3 is 9.47 Å². The summed E-state index contributed by atoms with van der Waals surface area (Å²) in [4.78, 5) is 7.48. The normalized spacial score (nSPS) is 16.6. The highest BCUT2D eigenvalue weighted by molar-refractivity contribution is 9.11. The molecule has 1 aromatic carbocycles. The van der Waals surface area contributed by atoms with Crippen LogP contribution in [0.5, 0.6) is 0 Å². The molecule has 0 radical (unpaired) electrons. The number of para-hydroxylation sites is 2. The summed E-state index contributed by atoms with van der Waals surface area (Å²) in [6.07, 6.45) is 7.74. The van der Waals surface area contributed by atoms with Crippen molar-refractivity contribution in [2.45, 2.75) is 45.1 Å². The third-order valence-electron chi connectivity index (χ3n) is 4.64. The van der Waals surface area contributed by atoms with Crippen molar-refractivity contribution in [2.75, 3.05) is 19.6 Å². The second-order valence-corrected chi connectivity index (χ2v) is 7.60. The molecule has 124 valence electrons. The zero-order valence-electron chi connectivity index (χ0n) is 13.8. The first-order chi connectivity index (χ1) is 11.2. The fourth-order valence-electron chi connectivity index (χ4n) is 3.48. The predicted molar refractivity (Wildman–Crippen MR) is 101 cm³/mol. The van der Waals surface area contributed by atoms with E-state index in [2.05, 4.69) is 56.2 Å². The summed E-state index contributed by atoms with van der Waals surface area (Å²) in [6, 6.07) is 8.39. The first kappa shape index (κ1) is 16.7. The fourth-order valence-corrected chi connectivity index (χ4v) is 3.74. The van der Waals surface area contributed by atoms with E-state index >= 15 is 0 Å². The van der Waals surface area contributed by atoms with E-state index in [-0.39, 0.29) is 0 Å². The number of nitrogens with zero attached hydrogens (tertiary/aromatic N) is 3. The number of rotatable bonds is 6. The Morgan fingerprint density at radius 2 is 1.87 bits per heavy atom. The monoisotopic (exact) mass is 375 g/mol. The summed E-state index contributed by atoms with van der Waals surface area (Å²) in [5.74, 6) is 1.18. The number of allylic oxidation sites excluding steroid dienone is 1. The third-order valence-corrected chi connectivity index (χ3v) is 4.89. The standard InChI is InChI=1S/C19H26BrN3/c1-16(20)15-23-18-10-5-4-9-17(18)21-19(23)11-8-14-22-12-6-2-3-7-13-22/h4-5,9-10H,1-3,6-8,11-15H2. The molecule has 1 fully saturated rings. The minimum atomic E-state index is 0.791. The van der Waals surface area contributed by atoms with E-state index in [9.17, 15) is 0 Å².